The lowest BCUT2D eigenvalue weighted by Crippen LogP contribution is -2.52. The van der Waals surface area contributed by atoms with Crippen LogP contribution in [0.5, 0.6) is 5.75 Å². The Morgan fingerprint density at radius 2 is 1.44 bits per heavy atom. The second kappa shape index (κ2) is 7.01. The maximum atomic E-state index is 13.7. The first-order chi connectivity index (χ1) is 11.1. The largest absolute Gasteiger partial charge is 0.488 e. The Labute approximate surface area is 140 Å². The van der Waals surface area contributed by atoms with Gasteiger partial charge in [-0.2, -0.15) is 30.7 Å². The first kappa shape index (κ1) is 21.5. The highest BCUT2D eigenvalue weighted by molar-refractivity contribution is 5.36. The van der Waals surface area contributed by atoms with Crippen LogP contribution in [0, 0.1) is 0 Å². The number of hydrogen-bond acceptors (Lipinski definition) is 2. The van der Waals surface area contributed by atoms with Crippen molar-refractivity contribution >= 4 is 0 Å². The first-order valence-corrected chi connectivity index (χ1v) is 7.25. The SMILES string of the molecule is COC(CC(F)(F)C(F)(F)C(F)(F)F)c1ccccc1OC(C)(C)C. The molecule has 2 nitrogen and oxygen atoms in total. The van der Waals surface area contributed by atoms with E-state index >= 15 is 0 Å². The number of ether oxygens (including phenoxy) is 2. The minimum absolute atomic E-state index is 0.0439. The van der Waals surface area contributed by atoms with Crippen LogP contribution in [0.3, 0.4) is 0 Å². The van der Waals surface area contributed by atoms with Gasteiger partial charge in [-0.05, 0) is 26.8 Å². The molecule has 1 rings (SSSR count). The highest BCUT2D eigenvalue weighted by atomic mass is 19.4. The average molecular weight is 376 g/mol. The van der Waals surface area contributed by atoms with Gasteiger partial charge in [-0.1, -0.05) is 18.2 Å². The fraction of sp³-hybridized carbons (Fsp3) is 0.625. The number of para-hydroxylation sites is 1. The summed E-state index contributed by atoms with van der Waals surface area (Å²) in [5.74, 6) is -11.5. The fourth-order valence-corrected chi connectivity index (χ4v) is 2.06. The van der Waals surface area contributed by atoms with Crippen LogP contribution in [0.2, 0.25) is 0 Å². The molecule has 1 aromatic carbocycles. The number of hydrogen-bond donors (Lipinski definition) is 0. The minimum atomic E-state index is -6.38. The van der Waals surface area contributed by atoms with Gasteiger partial charge in [0.25, 0.3) is 0 Å². The van der Waals surface area contributed by atoms with E-state index < -0.39 is 36.1 Å². The molecule has 0 saturated heterocycles. The zero-order valence-electron chi connectivity index (χ0n) is 14.1. The Morgan fingerprint density at radius 3 is 1.88 bits per heavy atom. The molecule has 1 unspecified atom stereocenters. The molecule has 0 aliphatic carbocycles. The van der Waals surface area contributed by atoms with Crippen LogP contribution in [-0.2, 0) is 4.74 Å². The summed E-state index contributed by atoms with van der Waals surface area (Å²) in [5, 5.41) is 0. The standard InChI is InChI=1S/C16H19F7O2/c1-13(2,3)25-11-8-6-5-7-10(11)12(24-4)9-14(17,18)15(19,20)16(21,22)23/h5-8,12H,9H2,1-4H3. The fourth-order valence-electron chi connectivity index (χ4n) is 2.06. The number of alkyl halides is 7. The van der Waals surface area contributed by atoms with Crippen LogP contribution in [0.25, 0.3) is 0 Å². The Hall–Kier alpha value is -1.51. The molecule has 0 amide bonds. The number of methoxy groups -OCH3 is 1. The molecule has 0 aliphatic rings. The van der Waals surface area contributed by atoms with E-state index in [1.54, 1.807) is 20.8 Å². The van der Waals surface area contributed by atoms with Crippen LogP contribution in [0.4, 0.5) is 30.7 Å². The van der Waals surface area contributed by atoms with Gasteiger partial charge in [-0.3, -0.25) is 0 Å². The third kappa shape index (κ3) is 4.99. The van der Waals surface area contributed by atoms with Crippen molar-refractivity contribution in [3.05, 3.63) is 29.8 Å². The molecule has 25 heavy (non-hydrogen) atoms. The molecule has 0 bridgehead atoms. The molecule has 0 saturated carbocycles. The van der Waals surface area contributed by atoms with Crippen LogP contribution in [0.15, 0.2) is 24.3 Å². The smallest absolute Gasteiger partial charge is 0.459 e. The second-order valence-corrected chi connectivity index (χ2v) is 6.46. The maximum absolute atomic E-state index is 13.7. The van der Waals surface area contributed by atoms with Crippen molar-refractivity contribution in [2.24, 2.45) is 0 Å². The van der Waals surface area contributed by atoms with Crippen LogP contribution in [-0.4, -0.2) is 30.7 Å². The van der Waals surface area contributed by atoms with E-state index in [-0.39, 0.29) is 11.3 Å². The van der Waals surface area contributed by atoms with Crippen molar-refractivity contribution < 1.29 is 40.2 Å². The van der Waals surface area contributed by atoms with Crippen molar-refractivity contribution in [1.82, 2.24) is 0 Å². The molecular weight excluding hydrogens is 357 g/mol. The van der Waals surface area contributed by atoms with Gasteiger partial charge in [0, 0.05) is 19.1 Å². The predicted octanol–water partition coefficient (Wildman–Crippen LogP) is 5.77. The van der Waals surface area contributed by atoms with E-state index in [4.69, 9.17) is 9.47 Å². The lowest BCUT2D eigenvalue weighted by atomic mass is 9.97. The molecule has 0 aromatic heterocycles. The number of rotatable bonds is 6. The number of halogens is 7. The molecule has 0 heterocycles. The monoisotopic (exact) mass is 376 g/mol. The second-order valence-electron chi connectivity index (χ2n) is 6.46. The van der Waals surface area contributed by atoms with Gasteiger partial charge in [0.1, 0.15) is 11.4 Å². The van der Waals surface area contributed by atoms with Crippen LogP contribution >= 0.6 is 0 Å². The van der Waals surface area contributed by atoms with E-state index in [1.165, 1.54) is 24.3 Å². The summed E-state index contributed by atoms with van der Waals surface area (Å²) in [6, 6.07) is 5.60. The molecule has 0 aliphatic heterocycles. The molecule has 1 aromatic rings. The van der Waals surface area contributed by atoms with E-state index in [9.17, 15) is 30.7 Å². The van der Waals surface area contributed by atoms with E-state index in [2.05, 4.69) is 0 Å². The summed E-state index contributed by atoms with van der Waals surface area (Å²) in [4.78, 5) is 0. The predicted molar refractivity (Wildman–Crippen MR) is 77.1 cm³/mol. The van der Waals surface area contributed by atoms with E-state index in [1.807, 2.05) is 0 Å². The Balaban J connectivity index is 3.20. The van der Waals surface area contributed by atoms with Gasteiger partial charge in [0.05, 0.1) is 6.10 Å². The normalized spacial score (nSPS) is 15.2. The molecular formula is C16H19F7O2. The van der Waals surface area contributed by atoms with Crippen LogP contribution < -0.4 is 4.74 Å². The molecule has 0 N–H and O–H groups in total. The zero-order valence-corrected chi connectivity index (χ0v) is 14.1. The first-order valence-electron chi connectivity index (χ1n) is 7.25. The lowest BCUT2D eigenvalue weighted by Gasteiger charge is -2.31. The maximum Gasteiger partial charge on any atom is 0.459 e. The molecule has 144 valence electrons. The summed E-state index contributed by atoms with van der Waals surface area (Å²) in [6.45, 7) is 4.99. The van der Waals surface area contributed by atoms with Gasteiger partial charge < -0.3 is 9.47 Å². The van der Waals surface area contributed by atoms with Gasteiger partial charge in [-0.15, -0.1) is 0 Å². The van der Waals surface area contributed by atoms with Crippen molar-refractivity contribution in [2.45, 2.75) is 56.9 Å². The summed E-state index contributed by atoms with van der Waals surface area (Å²) in [7, 11) is 0.945. The average Bonchev–Trinajstić information content (AvgIpc) is 2.42. The molecule has 1 atom stereocenters. The highest BCUT2D eigenvalue weighted by Crippen LogP contribution is 2.50. The van der Waals surface area contributed by atoms with Gasteiger partial charge in [0.15, 0.2) is 0 Å². The quantitative estimate of drug-likeness (QED) is 0.587. The van der Waals surface area contributed by atoms with Gasteiger partial charge in [0.2, 0.25) is 0 Å². The summed E-state index contributed by atoms with van der Waals surface area (Å²) in [6.07, 6.45) is -9.96. The summed E-state index contributed by atoms with van der Waals surface area (Å²) in [5.41, 5.74) is -0.787. The topological polar surface area (TPSA) is 18.5 Å². The minimum Gasteiger partial charge on any atom is -0.488 e. The summed E-state index contributed by atoms with van der Waals surface area (Å²) >= 11 is 0. The van der Waals surface area contributed by atoms with Gasteiger partial charge >= 0.3 is 18.0 Å². The van der Waals surface area contributed by atoms with Crippen molar-refractivity contribution in [2.75, 3.05) is 7.11 Å². The van der Waals surface area contributed by atoms with Crippen LogP contribution in [0.1, 0.15) is 38.9 Å². The molecule has 0 radical (unpaired) electrons. The third-order valence-corrected chi connectivity index (χ3v) is 3.22. The van der Waals surface area contributed by atoms with Crippen molar-refractivity contribution in [3.8, 4) is 5.75 Å². The molecule has 9 heteroatoms. The molecule has 0 spiro atoms. The number of benzene rings is 1. The highest BCUT2D eigenvalue weighted by Gasteiger charge is 2.73. The lowest BCUT2D eigenvalue weighted by molar-refractivity contribution is -0.358. The Kier molecular flexibility index (Phi) is 6.04. The van der Waals surface area contributed by atoms with Gasteiger partial charge in [-0.25, -0.2) is 0 Å². The molecule has 0 fully saturated rings. The van der Waals surface area contributed by atoms with E-state index in [0.29, 0.717) is 0 Å². The van der Waals surface area contributed by atoms with Crippen molar-refractivity contribution in [3.63, 3.8) is 0 Å². The third-order valence-electron chi connectivity index (χ3n) is 3.22. The Morgan fingerprint density at radius 1 is 0.920 bits per heavy atom. The van der Waals surface area contributed by atoms with Crippen molar-refractivity contribution in [1.29, 1.82) is 0 Å². The Bertz CT molecular complexity index is 577. The summed E-state index contributed by atoms with van der Waals surface area (Å²) < 4.78 is 101. The zero-order chi connectivity index (χ0) is 19.7. The van der Waals surface area contributed by atoms with E-state index in [0.717, 1.165) is 7.11 Å².